The van der Waals surface area contributed by atoms with Gasteiger partial charge >= 0.3 is 6.61 Å². The number of fused-ring (bicyclic) bond motifs is 1. The Morgan fingerprint density at radius 2 is 2.08 bits per heavy atom. The second kappa shape index (κ2) is 7.24. The van der Waals surface area contributed by atoms with E-state index in [1.807, 2.05) is 0 Å². The smallest absolute Gasteiger partial charge is 0.387 e. The van der Waals surface area contributed by atoms with Gasteiger partial charge in [0.2, 0.25) is 0 Å². The first-order chi connectivity index (χ1) is 12.3. The molecule has 0 atom stereocenters. The van der Waals surface area contributed by atoms with Gasteiger partial charge in [-0.1, -0.05) is 18.2 Å². The van der Waals surface area contributed by atoms with Crippen LogP contribution in [0.2, 0.25) is 0 Å². The van der Waals surface area contributed by atoms with Crippen molar-refractivity contribution in [2.75, 3.05) is 12.3 Å². The molecule has 7 nitrogen and oxygen atoms in total. The average Bonchev–Trinajstić information content (AvgIpc) is 2.59. The Morgan fingerprint density at radius 3 is 2.85 bits per heavy atom. The summed E-state index contributed by atoms with van der Waals surface area (Å²) in [7, 11) is -3.46. The molecule has 0 saturated carbocycles. The van der Waals surface area contributed by atoms with Gasteiger partial charge in [-0.05, 0) is 18.2 Å². The Labute approximate surface area is 148 Å². The second-order valence-electron chi connectivity index (χ2n) is 5.52. The molecule has 0 bridgehead atoms. The molecule has 0 aromatic heterocycles. The van der Waals surface area contributed by atoms with Crippen molar-refractivity contribution in [2.24, 2.45) is 4.40 Å². The van der Waals surface area contributed by atoms with Gasteiger partial charge in [-0.3, -0.25) is 4.79 Å². The molecule has 2 aliphatic heterocycles. The summed E-state index contributed by atoms with van der Waals surface area (Å²) in [4.78, 5) is 13.9. The van der Waals surface area contributed by atoms with Crippen LogP contribution in [0.1, 0.15) is 5.56 Å². The number of amides is 1. The van der Waals surface area contributed by atoms with Gasteiger partial charge in [0.25, 0.3) is 15.9 Å². The highest BCUT2D eigenvalue weighted by Gasteiger charge is 2.25. The van der Waals surface area contributed by atoms with E-state index in [9.17, 15) is 22.0 Å². The fraction of sp³-hybridized carbons (Fsp3) is 0.250. The number of hydrogen-bond donors (Lipinski definition) is 1. The highest BCUT2D eigenvalue weighted by molar-refractivity contribution is 7.90. The molecule has 1 aromatic carbocycles. The van der Waals surface area contributed by atoms with Crippen molar-refractivity contribution in [3.63, 3.8) is 0 Å². The number of carbonyl (C=O) groups excluding carboxylic acids is 1. The monoisotopic (exact) mass is 383 g/mol. The molecule has 3 rings (SSSR count). The molecule has 2 heterocycles. The van der Waals surface area contributed by atoms with E-state index in [1.54, 1.807) is 23.1 Å². The minimum Gasteiger partial charge on any atom is -0.434 e. The molecular formula is C16H15F2N3O4S. The van der Waals surface area contributed by atoms with Crippen molar-refractivity contribution in [2.45, 2.75) is 13.2 Å². The lowest BCUT2D eigenvalue weighted by atomic mass is 10.1. The Kier molecular flexibility index (Phi) is 5.03. The summed E-state index contributed by atoms with van der Waals surface area (Å²) in [5.41, 5.74) is 0.711. The van der Waals surface area contributed by atoms with Crippen molar-refractivity contribution < 1.29 is 26.7 Å². The van der Waals surface area contributed by atoms with Crippen LogP contribution in [0.4, 0.5) is 8.78 Å². The molecule has 2 aliphatic rings. The van der Waals surface area contributed by atoms with Gasteiger partial charge in [0, 0.05) is 24.9 Å². The van der Waals surface area contributed by atoms with Crippen molar-refractivity contribution in [1.82, 2.24) is 10.2 Å². The Balaban J connectivity index is 1.67. The third-order valence-corrected chi connectivity index (χ3v) is 4.88. The van der Waals surface area contributed by atoms with Gasteiger partial charge in [-0.25, -0.2) is 8.42 Å². The zero-order valence-electron chi connectivity index (χ0n) is 13.4. The largest absolute Gasteiger partial charge is 0.434 e. The number of sulfonamides is 1. The zero-order chi connectivity index (χ0) is 18.7. The first-order valence-corrected chi connectivity index (χ1v) is 9.25. The number of hydrogen-bond acceptors (Lipinski definition) is 5. The maximum absolute atomic E-state index is 12.4. The van der Waals surface area contributed by atoms with E-state index in [1.165, 1.54) is 24.4 Å². The Morgan fingerprint density at radius 1 is 1.31 bits per heavy atom. The molecule has 10 heteroatoms. The average molecular weight is 383 g/mol. The van der Waals surface area contributed by atoms with Gasteiger partial charge in [0.05, 0.1) is 11.3 Å². The van der Waals surface area contributed by atoms with Gasteiger partial charge < -0.3 is 15.0 Å². The third-order valence-electron chi connectivity index (χ3n) is 3.71. The summed E-state index contributed by atoms with van der Waals surface area (Å²) in [6, 6.07) is 6.17. The lowest BCUT2D eigenvalue weighted by Gasteiger charge is -2.27. The van der Waals surface area contributed by atoms with Crippen molar-refractivity contribution in [3.8, 4) is 5.75 Å². The van der Waals surface area contributed by atoms with Gasteiger partial charge in [-0.2, -0.15) is 8.78 Å². The predicted octanol–water partition coefficient (Wildman–Crippen LogP) is 1.40. The summed E-state index contributed by atoms with van der Waals surface area (Å²) < 4.78 is 55.8. The third kappa shape index (κ3) is 4.26. The summed E-state index contributed by atoms with van der Waals surface area (Å²) in [5, 5.41) is 2.63. The van der Waals surface area contributed by atoms with Crippen LogP contribution in [-0.4, -0.2) is 44.0 Å². The number of amidine groups is 1. The fourth-order valence-electron chi connectivity index (χ4n) is 2.47. The van der Waals surface area contributed by atoms with E-state index in [0.717, 1.165) is 0 Å². The molecule has 0 aliphatic carbocycles. The van der Waals surface area contributed by atoms with Crippen LogP contribution in [0.15, 0.2) is 52.6 Å². The minimum atomic E-state index is -3.46. The minimum absolute atomic E-state index is 0.00221. The second-order valence-corrected chi connectivity index (χ2v) is 7.27. The van der Waals surface area contributed by atoms with Crippen LogP contribution < -0.4 is 10.1 Å². The zero-order valence-corrected chi connectivity index (χ0v) is 14.2. The molecule has 1 aromatic rings. The lowest BCUT2D eigenvalue weighted by molar-refractivity contribution is -0.117. The molecule has 0 spiro atoms. The Hall–Kier alpha value is -2.75. The number of alkyl halides is 2. The van der Waals surface area contributed by atoms with Crippen LogP contribution in [0.3, 0.4) is 0 Å². The van der Waals surface area contributed by atoms with Gasteiger partial charge in [-0.15, -0.1) is 4.40 Å². The normalized spacial score (nSPS) is 18.0. The predicted molar refractivity (Wildman–Crippen MR) is 90.1 cm³/mol. The van der Waals surface area contributed by atoms with E-state index < -0.39 is 22.5 Å². The standard InChI is InChI=1S/C16H15F2N3O4S/c17-16(18)25-13-4-2-1-3-11(13)9-19-15(22)12-5-6-14-20-26(23,24)8-7-21(14)10-12/h1-6,10,16H,7-9H2,(H,19,22). The Bertz CT molecular complexity index is 910. The maximum Gasteiger partial charge on any atom is 0.387 e. The van der Waals surface area contributed by atoms with Crippen LogP contribution >= 0.6 is 0 Å². The van der Waals surface area contributed by atoms with Crippen molar-refractivity contribution in [1.29, 1.82) is 0 Å². The number of halogens is 2. The summed E-state index contributed by atoms with van der Waals surface area (Å²) in [5.74, 6) is -0.315. The quantitative estimate of drug-likeness (QED) is 0.831. The van der Waals surface area contributed by atoms with E-state index >= 15 is 0 Å². The van der Waals surface area contributed by atoms with E-state index in [4.69, 9.17) is 0 Å². The van der Waals surface area contributed by atoms with Crippen LogP contribution in [0.25, 0.3) is 0 Å². The number of ether oxygens (including phenoxy) is 1. The van der Waals surface area contributed by atoms with E-state index in [2.05, 4.69) is 14.5 Å². The molecule has 0 unspecified atom stereocenters. The van der Waals surface area contributed by atoms with E-state index in [0.29, 0.717) is 11.1 Å². The molecule has 0 radical (unpaired) electrons. The number of rotatable bonds is 5. The molecule has 0 fully saturated rings. The summed E-state index contributed by atoms with van der Waals surface area (Å²) in [6.07, 6.45) is 4.40. The fourth-order valence-corrected chi connectivity index (χ4v) is 3.44. The molecule has 138 valence electrons. The molecule has 1 amide bonds. The van der Waals surface area contributed by atoms with Crippen LogP contribution in [0.5, 0.6) is 5.75 Å². The number of carbonyl (C=O) groups is 1. The number of para-hydroxylation sites is 1. The van der Waals surface area contributed by atoms with Gasteiger partial charge in [0.1, 0.15) is 11.6 Å². The summed E-state index contributed by atoms with van der Waals surface area (Å²) in [6.45, 7) is -2.75. The van der Waals surface area contributed by atoms with Gasteiger partial charge in [0.15, 0.2) is 0 Å². The lowest BCUT2D eigenvalue weighted by Crippen LogP contribution is -2.38. The highest BCUT2D eigenvalue weighted by Crippen LogP contribution is 2.20. The topological polar surface area (TPSA) is 88.1 Å². The highest BCUT2D eigenvalue weighted by atomic mass is 32.2. The number of nitrogens with one attached hydrogen (secondary N) is 1. The first-order valence-electron chi connectivity index (χ1n) is 7.64. The SMILES string of the molecule is O=C(NCc1ccccc1OC(F)F)C1=CN2CCS(=O)(=O)N=C2C=C1. The van der Waals surface area contributed by atoms with Crippen LogP contribution in [-0.2, 0) is 21.4 Å². The maximum atomic E-state index is 12.4. The van der Waals surface area contributed by atoms with Crippen LogP contribution in [0, 0.1) is 0 Å². The molecule has 0 saturated heterocycles. The first kappa shape index (κ1) is 18.1. The number of benzene rings is 1. The molecule has 26 heavy (non-hydrogen) atoms. The van der Waals surface area contributed by atoms with Crippen molar-refractivity contribution in [3.05, 3.63) is 53.8 Å². The van der Waals surface area contributed by atoms with Crippen molar-refractivity contribution >= 4 is 21.8 Å². The summed E-state index contributed by atoms with van der Waals surface area (Å²) >= 11 is 0. The molecular weight excluding hydrogens is 368 g/mol. The number of nitrogens with zero attached hydrogens (tertiary/aromatic N) is 2. The molecule has 1 N–H and O–H groups in total. The van der Waals surface area contributed by atoms with E-state index in [-0.39, 0.29) is 30.4 Å².